The Morgan fingerprint density at radius 1 is 1.17 bits per heavy atom. The van der Waals surface area contributed by atoms with Crippen LogP contribution in [-0.2, 0) is 0 Å². The summed E-state index contributed by atoms with van der Waals surface area (Å²) in [5.74, 6) is 1.03. The predicted molar refractivity (Wildman–Crippen MR) is 87.9 cm³/mol. The molecule has 0 aromatic heterocycles. The molecule has 2 aromatic rings. The van der Waals surface area contributed by atoms with Crippen LogP contribution in [0.2, 0.25) is 0 Å². The van der Waals surface area contributed by atoms with Crippen molar-refractivity contribution in [2.24, 2.45) is 0 Å². The molecule has 23 heavy (non-hydrogen) atoms. The van der Waals surface area contributed by atoms with E-state index in [4.69, 9.17) is 9.84 Å². The van der Waals surface area contributed by atoms with Gasteiger partial charge in [0.1, 0.15) is 11.5 Å². The van der Waals surface area contributed by atoms with Gasteiger partial charge in [-0.1, -0.05) is 6.07 Å². The first-order valence-electron chi connectivity index (χ1n) is 7.25. The molecule has 2 aromatic carbocycles. The molecule has 0 spiro atoms. The Balaban J connectivity index is 1.99. The van der Waals surface area contributed by atoms with Crippen LogP contribution in [0.3, 0.4) is 0 Å². The highest BCUT2D eigenvalue weighted by atomic mass is 16.5. The van der Waals surface area contributed by atoms with E-state index in [2.05, 4.69) is 10.6 Å². The summed E-state index contributed by atoms with van der Waals surface area (Å²) in [7, 11) is 1.58. The SMILES string of the molecule is CNC(=O)c1cccc(Oc2ccc(NCC(O)CO)cc2)c1. The molecule has 1 unspecified atom stereocenters. The van der Waals surface area contributed by atoms with Crippen molar-refractivity contribution in [3.63, 3.8) is 0 Å². The van der Waals surface area contributed by atoms with Crippen molar-refractivity contribution in [2.45, 2.75) is 6.10 Å². The third kappa shape index (κ3) is 4.98. The number of carbonyl (C=O) groups is 1. The maximum Gasteiger partial charge on any atom is 0.251 e. The number of amides is 1. The Kier molecular flexibility index (Phi) is 5.96. The van der Waals surface area contributed by atoms with E-state index in [0.717, 1.165) is 5.69 Å². The van der Waals surface area contributed by atoms with Crippen molar-refractivity contribution in [2.75, 3.05) is 25.5 Å². The van der Waals surface area contributed by atoms with Crippen molar-refractivity contribution in [1.29, 1.82) is 0 Å². The molecule has 0 saturated heterocycles. The normalized spacial score (nSPS) is 11.6. The second-order valence-corrected chi connectivity index (χ2v) is 4.95. The van der Waals surface area contributed by atoms with E-state index in [9.17, 15) is 9.90 Å². The van der Waals surface area contributed by atoms with Crippen molar-refractivity contribution >= 4 is 11.6 Å². The highest BCUT2D eigenvalue weighted by molar-refractivity contribution is 5.94. The molecule has 0 aliphatic carbocycles. The van der Waals surface area contributed by atoms with Crippen molar-refractivity contribution in [3.8, 4) is 11.5 Å². The highest BCUT2D eigenvalue weighted by Gasteiger charge is 2.05. The summed E-state index contributed by atoms with van der Waals surface area (Å²) in [4.78, 5) is 11.6. The fourth-order valence-corrected chi connectivity index (χ4v) is 1.92. The summed E-state index contributed by atoms with van der Waals surface area (Å²) < 4.78 is 5.72. The van der Waals surface area contributed by atoms with Crippen molar-refractivity contribution < 1.29 is 19.7 Å². The average molecular weight is 316 g/mol. The molecular formula is C17H20N2O4. The van der Waals surface area contributed by atoms with Crippen LogP contribution in [0.1, 0.15) is 10.4 Å². The van der Waals surface area contributed by atoms with Gasteiger partial charge in [-0.2, -0.15) is 0 Å². The molecule has 6 nitrogen and oxygen atoms in total. The second-order valence-electron chi connectivity index (χ2n) is 4.95. The van der Waals surface area contributed by atoms with Crippen LogP contribution in [0, 0.1) is 0 Å². The number of carbonyl (C=O) groups excluding carboxylic acids is 1. The average Bonchev–Trinajstić information content (AvgIpc) is 2.60. The fourth-order valence-electron chi connectivity index (χ4n) is 1.92. The Labute approximate surface area is 134 Å². The van der Waals surface area contributed by atoms with Crippen molar-refractivity contribution in [1.82, 2.24) is 5.32 Å². The van der Waals surface area contributed by atoms with Gasteiger partial charge in [0.25, 0.3) is 5.91 Å². The van der Waals surface area contributed by atoms with E-state index < -0.39 is 6.10 Å². The number of ether oxygens (including phenoxy) is 1. The van der Waals surface area contributed by atoms with Gasteiger partial charge in [0.05, 0.1) is 12.7 Å². The Hall–Kier alpha value is -2.57. The number of nitrogens with one attached hydrogen (secondary N) is 2. The first-order chi connectivity index (χ1) is 11.1. The number of aliphatic hydroxyl groups excluding tert-OH is 2. The molecule has 6 heteroatoms. The van der Waals surface area contributed by atoms with Crippen LogP contribution < -0.4 is 15.4 Å². The Morgan fingerprint density at radius 3 is 2.57 bits per heavy atom. The quantitative estimate of drug-likeness (QED) is 0.623. The van der Waals surface area contributed by atoms with Crippen LogP contribution >= 0.6 is 0 Å². The molecule has 0 saturated carbocycles. The predicted octanol–water partition coefficient (Wildman–Crippen LogP) is 1.60. The summed E-state index contributed by atoms with van der Waals surface area (Å²) in [5.41, 5.74) is 1.34. The minimum absolute atomic E-state index is 0.169. The lowest BCUT2D eigenvalue weighted by atomic mass is 10.2. The van der Waals surface area contributed by atoms with Gasteiger partial charge in [0.2, 0.25) is 0 Å². The Morgan fingerprint density at radius 2 is 1.91 bits per heavy atom. The van der Waals surface area contributed by atoms with E-state index in [0.29, 0.717) is 17.1 Å². The number of anilines is 1. The minimum atomic E-state index is -0.793. The zero-order chi connectivity index (χ0) is 16.7. The van der Waals surface area contributed by atoms with E-state index in [1.54, 1.807) is 43.4 Å². The fraction of sp³-hybridized carbons (Fsp3) is 0.235. The molecule has 4 N–H and O–H groups in total. The zero-order valence-corrected chi connectivity index (χ0v) is 12.8. The first-order valence-corrected chi connectivity index (χ1v) is 7.25. The van der Waals surface area contributed by atoms with Crippen LogP contribution in [-0.4, -0.2) is 42.4 Å². The number of hydrogen-bond acceptors (Lipinski definition) is 5. The maximum atomic E-state index is 11.6. The van der Waals surface area contributed by atoms with Crippen LogP contribution in [0.15, 0.2) is 48.5 Å². The number of benzene rings is 2. The van der Waals surface area contributed by atoms with Gasteiger partial charge in [-0.15, -0.1) is 0 Å². The largest absolute Gasteiger partial charge is 0.457 e. The summed E-state index contributed by atoms with van der Waals surface area (Å²) in [6.07, 6.45) is -0.793. The van der Waals surface area contributed by atoms with Crippen LogP contribution in [0.25, 0.3) is 0 Å². The van der Waals surface area contributed by atoms with Gasteiger partial charge in [-0.05, 0) is 42.5 Å². The molecule has 2 rings (SSSR count). The van der Waals surface area contributed by atoms with Crippen LogP contribution in [0.5, 0.6) is 11.5 Å². The molecule has 1 amide bonds. The van der Waals surface area contributed by atoms with Gasteiger partial charge < -0.3 is 25.6 Å². The van der Waals surface area contributed by atoms with Crippen molar-refractivity contribution in [3.05, 3.63) is 54.1 Å². The lowest BCUT2D eigenvalue weighted by Crippen LogP contribution is -2.22. The van der Waals surface area contributed by atoms with Gasteiger partial charge in [0.15, 0.2) is 0 Å². The summed E-state index contributed by atoms with van der Waals surface area (Å²) in [6, 6.07) is 14.1. The van der Waals surface area contributed by atoms with E-state index in [1.807, 2.05) is 12.1 Å². The molecule has 1 atom stereocenters. The van der Waals surface area contributed by atoms with E-state index in [-0.39, 0.29) is 19.1 Å². The van der Waals surface area contributed by atoms with Gasteiger partial charge >= 0.3 is 0 Å². The van der Waals surface area contributed by atoms with Gasteiger partial charge in [-0.3, -0.25) is 4.79 Å². The molecule has 0 fully saturated rings. The topological polar surface area (TPSA) is 90.8 Å². The van der Waals surface area contributed by atoms with E-state index in [1.165, 1.54) is 0 Å². The Bertz CT molecular complexity index is 643. The summed E-state index contributed by atoms with van der Waals surface area (Å²) in [6.45, 7) is -0.0131. The molecule has 0 bridgehead atoms. The van der Waals surface area contributed by atoms with Crippen LogP contribution in [0.4, 0.5) is 5.69 Å². The highest BCUT2D eigenvalue weighted by Crippen LogP contribution is 2.23. The molecular weight excluding hydrogens is 296 g/mol. The molecule has 122 valence electrons. The molecule has 0 heterocycles. The standard InChI is InChI=1S/C17H20N2O4/c1-18-17(22)12-3-2-4-16(9-12)23-15-7-5-13(6-8-15)19-10-14(21)11-20/h2-9,14,19-21H,10-11H2,1H3,(H,18,22). The smallest absolute Gasteiger partial charge is 0.251 e. The third-order valence-corrected chi connectivity index (χ3v) is 3.17. The maximum absolute atomic E-state index is 11.6. The number of aliphatic hydroxyl groups is 2. The van der Waals surface area contributed by atoms with Gasteiger partial charge in [0, 0.05) is 24.8 Å². The first kappa shape index (κ1) is 16.8. The number of rotatable bonds is 7. The molecule has 0 aliphatic heterocycles. The summed E-state index contributed by atoms with van der Waals surface area (Å²) >= 11 is 0. The third-order valence-electron chi connectivity index (χ3n) is 3.17. The monoisotopic (exact) mass is 316 g/mol. The van der Waals surface area contributed by atoms with Gasteiger partial charge in [-0.25, -0.2) is 0 Å². The number of hydrogen-bond donors (Lipinski definition) is 4. The summed E-state index contributed by atoms with van der Waals surface area (Å²) in [5, 5.41) is 23.6. The molecule has 0 aliphatic rings. The minimum Gasteiger partial charge on any atom is -0.457 e. The lowest BCUT2D eigenvalue weighted by molar-refractivity contribution is 0.0962. The zero-order valence-electron chi connectivity index (χ0n) is 12.8. The molecule has 0 radical (unpaired) electrons. The lowest BCUT2D eigenvalue weighted by Gasteiger charge is -2.11. The second kappa shape index (κ2) is 8.17. The van der Waals surface area contributed by atoms with E-state index >= 15 is 0 Å².